The lowest BCUT2D eigenvalue weighted by Crippen LogP contribution is -2.65. The second-order valence-corrected chi connectivity index (χ2v) is 15.1. The fraction of sp³-hybridized carbons (Fsp3) is 0.588. The van der Waals surface area contributed by atoms with Crippen LogP contribution in [-0.2, 0) is 20.3 Å². The summed E-state index contributed by atoms with van der Waals surface area (Å²) in [5, 5.41) is 3.20. The van der Waals surface area contributed by atoms with E-state index >= 15 is 0 Å². The Kier molecular flexibility index (Phi) is 9.30. The van der Waals surface area contributed by atoms with Crippen LogP contribution in [0.4, 0.5) is 13.2 Å². The van der Waals surface area contributed by atoms with Gasteiger partial charge >= 0.3 is 13.3 Å². The summed E-state index contributed by atoms with van der Waals surface area (Å²) in [7, 11) is -0.578. The minimum Gasteiger partial charge on any atom is -0.404 e. The first kappa shape index (κ1) is 33.4. The molecule has 2 heterocycles. The van der Waals surface area contributed by atoms with Crippen LogP contribution in [0.2, 0.25) is 0 Å². The van der Waals surface area contributed by atoms with E-state index < -0.39 is 30.5 Å². The van der Waals surface area contributed by atoms with Crippen LogP contribution < -0.4 is 11.1 Å². The third-order valence-electron chi connectivity index (χ3n) is 10.9. The largest absolute Gasteiger partial charge is 0.481 e. The average Bonchev–Trinajstić information content (AvgIpc) is 3.65. The zero-order valence-electron chi connectivity index (χ0n) is 26.6. The van der Waals surface area contributed by atoms with Crippen LogP contribution in [0.5, 0.6) is 0 Å². The summed E-state index contributed by atoms with van der Waals surface area (Å²) in [6.07, 6.45) is 1.03. The van der Waals surface area contributed by atoms with Gasteiger partial charge in [0.15, 0.2) is 0 Å². The standard InChI is InChI=1S/C34H43BF3N3O4S/c1-32(2)22-19-27(32)33(3)28(20-22)44-35(45-33)29(15-6-7-16-39)40-30(42)25-13-9-17-41(25)31(43)21-10-8-11-23(18-21)46-26-14-5-4-12-24(26)34(36,37)38/h4-5,8,10-12,14,18,22,25,27-29H,6-7,9,13,15-17,19-20,39H2,1-3H3,(H,40,42)/t22-,25-,27-,28+,29-,33-/m0/s1. The van der Waals surface area contributed by atoms with Crippen LogP contribution in [0.3, 0.4) is 0 Å². The Morgan fingerprint density at radius 2 is 1.91 bits per heavy atom. The molecule has 3 N–H and O–H groups in total. The summed E-state index contributed by atoms with van der Waals surface area (Å²) in [5.74, 6) is 0.0566. The van der Waals surface area contributed by atoms with Gasteiger partial charge in [0.2, 0.25) is 5.91 Å². The zero-order valence-corrected chi connectivity index (χ0v) is 27.5. The van der Waals surface area contributed by atoms with Gasteiger partial charge in [-0.15, -0.1) is 0 Å². The van der Waals surface area contributed by atoms with Crippen molar-refractivity contribution >= 4 is 30.7 Å². The van der Waals surface area contributed by atoms with Crippen LogP contribution in [0.1, 0.15) is 81.6 Å². The predicted molar refractivity (Wildman–Crippen MR) is 171 cm³/mol. The monoisotopic (exact) mass is 657 g/mol. The first-order valence-corrected chi connectivity index (χ1v) is 17.2. The van der Waals surface area contributed by atoms with Crippen molar-refractivity contribution in [2.75, 3.05) is 13.1 Å². The first-order valence-electron chi connectivity index (χ1n) is 16.4. The highest BCUT2D eigenvalue weighted by molar-refractivity contribution is 7.99. The number of unbranched alkanes of at least 4 members (excludes halogenated alkanes) is 1. The predicted octanol–water partition coefficient (Wildman–Crippen LogP) is 6.34. The number of rotatable bonds is 10. The van der Waals surface area contributed by atoms with Gasteiger partial charge in [0.05, 0.1) is 23.2 Å². The first-order chi connectivity index (χ1) is 21.8. The summed E-state index contributed by atoms with van der Waals surface area (Å²) in [5.41, 5.74) is 5.18. The lowest BCUT2D eigenvalue weighted by Gasteiger charge is -2.64. The van der Waals surface area contributed by atoms with Gasteiger partial charge in [-0.2, -0.15) is 13.2 Å². The highest BCUT2D eigenvalue weighted by atomic mass is 32.2. The number of benzene rings is 2. The van der Waals surface area contributed by atoms with Crippen molar-refractivity contribution in [3.63, 3.8) is 0 Å². The van der Waals surface area contributed by atoms with Gasteiger partial charge in [-0.25, -0.2) is 0 Å². The molecule has 5 fully saturated rings. The van der Waals surface area contributed by atoms with Gasteiger partial charge in [-0.3, -0.25) is 9.59 Å². The van der Waals surface area contributed by atoms with E-state index in [-0.39, 0.29) is 34.2 Å². The summed E-state index contributed by atoms with van der Waals surface area (Å²) in [6, 6.07) is 11.3. The van der Waals surface area contributed by atoms with E-state index in [9.17, 15) is 22.8 Å². The van der Waals surface area contributed by atoms with Crippen molar-refractivity contribution < 1.29 is 32.1 Å². The number of hydrogen-bond acceptors (Lipinski definition) is 6. The SMILES string of the molecule is CC1(C)[C@@H]2C[C@H]3OB([C@H](CCCCN)NC(=O)[C@@H]4CCCN4C(=O)c4cccc(Sc5ccccc5C(F)(F)F)c4)O[C@@]3(C)[C@H]1C2. The number of alkyl halides is 3. The maximum atomic E-state index is 13.8. The average molecular weight is 658 g/mol. The van der Waals surface area contributed by atoms with Crippen molar-refractivity contribution in [1.82, 2.24) is 10.2 Å². The topological polar surface area (TPSA) is 93.9 Å². The minimum atomic E-state index is -4.49. The zero-order chi connectivity index (χ0) is 32.9. The molecular formula is C34H43BF3N3O4S. The molecule has 46 heavy (non-hydrogen) atoms. The molecule has 2 aliphatic heterocycles. The van der Waals surface area contributed by atoms with Gasteiger partial charge in [0.25, 0.3) is 5.91 Å². The molecule has 5 aliphatic rings. The van der Waals surface area contributed by atoms with E-state index in [4.69, 9.17) is 15.0 Å². The lowest BCUT2D eigenvalue weighted by molar-refractivity contribution is -0.199. The molecule has 6 atom stereocenters. The van der Waals surface area contributed by atoms with Gasteiger partial charge in [-0.05, 0) is 99.6 Å². The van der Waals surface area contributed by atoms with Crippen molar-refractivity contribution in [1.29, 1.82) is 0 Å². The number of nitrogens with one attached hydrogen (secondary N) is 1. The van der Waals surface area contributed by atoms with Crippen molar-refractivity contribution in [3.8, 4) is 0 Å². The molecule has 2 saturated heterocycles. The molecule has 2 aromatic rings. The second-order valence-electron chi connectivity index (χ2n) is 14.0. The Balaban J connectivity index is 1.15. The molecule has 3 aliphatic carbocycles. The van der Waals surface area contributed by atoms with E-state index in [1.807, 2.05) is 0 Å². The molecule has 2 amide bonds. The number of carbonyl (C=O) groups excluding carboxylic acids is 2. The Morgan fingerprint density at radius 3 is 2.65 bits per heavy atom. The van der Waals surface area contributed by atoms with Crippen LogP contribution >= 0.6 is 11.8 Å². The molecule has 0 unspecified atom stereocenters. The Bertz CT molecular complexity index is 1460. The summed E-state index contributed by atoms with van der Waals surface area (Å²) < 4.78 is 54.0. The number of halogens is 3. The van der Waals surface area contributed by atoms with E-state index in [0.29, 0.717) is 54.6 Å². The fourth-order valence-corrected chi connectivity index (χ4v) is 9.22. The molecule has 248 valence electrons. The van der Waals surface area contributed by atoms with Crippen molar-refractivity contribution in [3.05, 3.63) is 59.7 Å². The molecule has 0 aromatic heterocycles. The minimum absolute atomic E-state index is 0.0130. The lowest BCUT2D eigenvalue weighted by atomic mass is 9.43. The van der Waals surface area contributed by atoms with Gasteiger partial charge in [-0.1, -0.05) is 50.2 Å². The molecule has 7 nitrogen and oxygen atoms in total. The van der Waals surface area contributed by atoms with Crippen LogP contribution in [0.15, 0.2) is 58.3 Å². The molecule has 12 heteroatoms. The molecule has 0 spiro atoms. The van der Waals surface area contributed by atoms with Crippen LogP contribution in [0.25, 0.3) is 0 Å². The Morgan fingerprint density at radius 1 is 1.13 bits per heavy atom. The number of likely N-dealkylation sites (tertiary alicyclic amines) is 1. The van der Waals surface area contributed by atoms with Gasteiger partial charge in [0.1, 0.15) is 6.04 Å². The fourth-order valence-electron chi connectivity index (χ4n) is 8.19. The smallest absolute Gasteiger partial charge is 0.404 e. The molecule has 7 rings (SSSR count). The van der Waals surface area contributed by atoms with E-state index in [1.54, 1.807) is 35.2 Å². The maximum absolute atomic E-state index is 13.8. The Hall–Kier alpha value is -2.54. The summed E-state index contributed by atoms with van der Waals surface area (Å²) >= 11 is 0.958. The van der Waals surface area contributed by atoms with Crippen LogP contribution in [0, 0.1) is 17.3 Å². The summed E-state index contributed by atoms with van der Waals surface area (Å²) in [4.78, 5) is 29.7. The molecule has 3 saturated carbocycles. The van der Waals surface area contributed by atoms with Crippen LogP contribution in [-0.4, -0.2) is 60.6 Å². The molecule has 2 bridgehead atoms. The van der Waals surface area contributed by atoms with E-state index in [1.165, 1.54) is 12.1 Å². The molecule has 2 aromatic carbocycles. The second kappa shape index (κ2) is 12.8. The highest BCUT2D eigenvalue weighted by Crippen LogP contribution is 2.65. The number of nitrogens with zero attached hydrogens (tertiary/aromatic N) is 1. The number of carbonyl (C=O) groups is 2. The van der Waals surface area contributed by atoms with E-state index in [2.05, 4.69) is 26.1 Å². The van der Waals surface area contributed by atoms with Gasteiger partial charge in [0, 0.05) is 21.9 Å². The molecule has 0 radical (unpaired) electrons. The maximum Gasteiger partial charge on any atom is 0.481 e. The number of amides is 2. The summed E-state index contributed by atoms with van der Waals surface area (Å²) in [6.45, 7) is 7.74. The molecular weight excluding hydrogens is 614 g/mol. The van der Waals surface area contributed by atoms with Gasteiger partial charge < -0.3 is 25.3 Å². The van der Waals surface area contributed by atoms with E-state index in [0.717, 1.165) is 43.5 Å². The normalized spacial score (nSPS) is 28.8. The quantitative estimate of drug-likeness (QED) is 0.229. The highest BCUT2D eigenvalue weighted by Gasteiger charge is 2.68. The Labute approximate surface area is 273 Å². The third-order valence-corrected chi connectivity index (χ3v) is 12.0. The number of hydrogen-bond donors (Lipinski definition) is 2. The van der Waals surface area contributed by atoms with Crippen molar-refractivity contribution in [2.24, 2.45) is 23.0 Å². The van der Waals surface area contributed by atoms with Crippen molar-refractivity contribution in [2.45, 2.75) is 105 Å². The third kappa shape index (κ3) is 6.22. The number of nitrogens with two attached hydrogens (primary N) is 1.